The third kappa shape index (κ3) is 8.76. The number of nitrogen functional groups attached to an aromatic ring is 1. The van der Waals surface area contributed by atoms with Gasteiger partial charge in [-0.2, -0.15) is 13.2 Å². The second-order valence-corrected chi connectivity index (χ2v) is 13.1. The number of nitrogens with two attached hydrogens (primary N) is 1. The van der Waals surface area contributed by atoms with Gasteiger partial charge in [0.15, 0.2) is 5.75 Å². The van der Waals surface area contributed by atoms with Crippen LogP contribution in [0.5, 0.6) is 17.2 Å². The number of aryl methyl sites for hydroxylation is 1. The zero-order valence-electron chi connectivity index (χ0n) is 30.5. The number of anilines is 2. The first-order chi connectivity index (χ1) is 26.4. The number of rotatable bonds is 14. The Kier molecular flexibility index (Phi) is 11.8. The standard InChI is InChI=1S/C40H39ClF3N7O4/c1-23-18-32(51(20-25-7-11-27(53-3)12-8-25)21-26-9-13-28(54-4)14-10-26)50-36(34(23)40(42,43)44)30-19-31-33(39(52)49-22-48-31)37(35(30)41)55-17-16-46-24(2)29-6-5-15-47-38(29)45/h5-15,18-19,22,24,46H,16-17,20-21H2,1-4H3,(H2,45,47)(H,48,49,52). The van der Waals surface area contributed by atoms with Gasteiger partial charge in [0.05, 0.1) is 42.3 Å². The number of halogens is 4. The Morgan fingerprint density at radius 2 is 1.60 bits per heavy atom. The number of hydrogen-bond donors (Lipinski definition) is 3. The van der Waals surface area contributed by atoms with Crippen molar-refractivity contribution in [2.45, 2.75) is 39.2 Å². The van der Waals surface area contributed by atoms with Crippen LogP contribution in [0.25, 0.3) is 22.2 Å². The molecule has 0 aliphatic carbocycles. The summed E-state index contributed by atoms with van der Waals surface area (Å²) in [4.78, 5) is 30.6. The maximum Gasteiger partial charge on any atom is 0.418 e. The van der Waals surface area contributed by atoms with Crippen LogP contribution in [-0.4, -0.2) is 47.3 Å². The first-order valence-corrected chi connectivity index (χ1v) is 17.6. The average molecular weight is 774 g/mol. The zero-order valence-corrected chi connectivity index (χ0v) is 31.3. The van der Waals surface area contributed by atoms with Crippen molar-refractivity contribution in [3.8, 4) is 28.5 Å². The van der Waals surface area contributed by atoms with Crippen LogP contribution < -0.4 is 35.7 Å². The topological polar surface area (TPSA) is 141 Å². The van der Waals surface area contributed by atoms with Crippen LogP contribution in [0.3, 0.4) is 0 Å². The van der Waals surface area contributed by atoms with E-state index in [9.17, 15) is 4.79 Å². The summed E-state index contributed by atoms with van der Waals surface area (Å²) < 4.78 is 61.8. The fourth-order valence-electron chi connectivity index (χ4n) is 6.31. The Morgan fingerprint density at radius 1 is 0.964 bits per heavy atom. The summed E-state index contributed by atoms with van der Waals surface area (Å²) in [5.74, 6) is 1.84. The molecule has 6 aromatic rings. The predicted octanol–water partition coefficient (Wildman–Crippen LogP) is 7.90. The lowest BCUT2D eigenvalue weighted by Gasteiger charge is -2.27. The zero-order chi connectivity index (χ0) is 39.3. The molecule has 0 fully saturated rings. The molecule has 0 radical (unpaired) electrons. The molecule has 4 N–H and O–H groups in total. The van der Waals surface area contributed by atoms with Gasteiger partial charge in [-0.15, -0.1) is 0 Å². The quantitative estimate of drug-likeness (QED) is 0.0937. The molecule has 0 bridgehead atoms. The largest absolute Gasteiger partial charge is 0.497 e. The summed E-state index contributed by atoms with van der Waals surface area (Å²) in [6.45, 7) is 4.13. The molecule has 0 saturated carbocycles. The molecule has 0 aliphatic heterocycles. The molecule has 6 rings (SSSR count). The Balaban J connectivity index is 1.44. The molecule has 286 valence electrons. The first kappa shape index (κ1) is 38.9. The number of ether oxygens (including phenoxy) is 3. The number of nitrogens with zero attached hydrogens (tertiary/aromatic N) is 4. The summed E-state index contributed by atoms with van der Waals surface area (Å²) in [7, 11) is 3.14. The predicted molar refractivity (Wildman–Crippen MR) is 207 cm³/mol. The van der Waals surface area contributed by atoms with Crippen molar-refractivity contribution in [3.05, 3.63) is 129 Å². The van der Waals surface area contributed by atoms with Gasteiger partial charge in [-0.3, -0.25) is 4.79 Å². The Labute approximate surface area is 320 Å². The highest BCUT2D eigenvalue weighted by Crippen LogP contribution is 2.46. The number of aromatic nitrogens is 4. The third-order valence-corrected chi connectivity index (χ3v) is 9.47. The van der Waals surface area contributed by atoms with E-state index in [0.717, 1.165) is 16.7 Å². The molecule has 1 unspecified atom stereocenters. The summed E-state index contributed by atoms with van der Waals surface area (Å²) in [5, 5.41) is 3.05. The minimum Gasteiger partial charge on any atom is -0.497 e. The maximum absolute atomic E-state index is 15.0. The number of H-pyrrole nitrogens is 1. The molecule has 15 heteroatoms. The Morgan fingerprint density at radius 3 is 2.18 bits per heavy atom. The number of benzene rings is 3. The van der Waals surface area contributed by atoms with E-state index in [1.54, 1.807) is 26.5 Å². The van der Waals surface area contributed by atoms with Crippen LogP contribution in [0.1, 0.15) is 40.8 Å². The smallest absolute Gasteiger partial charge is 0.418 e. The second kappa shape index (κ2) is 16.7. The number of aromatic amines is 1. The van der Waals surface area contributed by atoms with Crippen molar-refractivity contribution in [3.63, 3.8) is 0 Å². The van der Waals surface area contributed by atoms with E-state index >= 15 is 13.2 Å². The Hall–Kier alpha value is -5.86. The van der Waals surface area contributed by atoms with E-state index < -0.39 is 23.0 Å². The van der Waals surface area contributed by atoms with E-state index in [-0.39, 0.29) is 57.8 Å². The number of pyridine rings is 2. The molecular weight excluding hydrogens is 735 g/mol. The fraction of sp³-hybridized carbons (Fsp3) is 0.250. The summed E-state index contributed by atoms with van der Waals surface area (Å²) >= 11 is 6.98. The van der Waals surface area contributed by atoms with E-state index in [4.69, 9.17) is 36.5 Å². The first-order valence-electron chi connectivity index (χ1n) is 17.2. The summed E-state index contributed by atoms with van der Waals surface area (Å²) in [6.07, 6.45) is -2.06. The number of methoxy groups -OCH3 is 2. The minimum absolute atomic E-state index is 0.00671. The van der Waals surface area contributed by atoms with Crippen molar-refractivity contribution in [2.24, 2.45) is 0 Å². The normalized spacial score (nSPS) is 12.1. The van der Waals surface area contributed by atoms with Gasteiger partial charge < -0.3 is 35.1 Å². The van der Waals surface area contributed by atoms with Crippen LogP contribution in [0.15, 0.2) is 90.1 Å². The number of hydrogen-bond acceptors (Lipinski definition) is 10. The number of alkyl halides is 3. The summed E-state index contributed by atoms with van der Waals surface area (Å²) in [5.41, 5.74) is 6.46. The molecule has 0 aliphatic rings. The maximum atomic E-state index is 15.0. The van der Waals surface area contributed by atoms with E-state index in [1.165, 1.54) is 25.4 Å². The van der Waals surface area contributed by atoms with Crippen LogP contribution in [0.2, 0.25) is 5.02 Å². The van der Waals surface area contributed by atoms with Gasteiger partial charge in [0, 0.05) is 43.0 Å². The lowest BCUT2D eigenvalue weighted by molar-refractivity contribution is -0.137. The molecule has 0 spiro atoms. The molecule has 55 heavy (non-hydrogen) atoms. The molecular formula is C40H39ClF3N7O4. The van der Waals surface area contributed by atoms with Crippen molar-refractivity contribution in [1.29, 1.82) is 0 Å². The Bertz CT molecular complexity index is 2290. The van der Waals surface area contributed by atoms with E-state index in [2.05, 4.69) is 20.3 Å². The molecule has 3 aromatic heterocycles. The van der Waals surface area contributed by atoms with Crippen LogP contribution >= 0.6 is 11.6 Å². The minimum atomic E-state index is -4.82. The lowest BCUT2D eigenvalue weighted by atomic mass is 9.99. The van der Waals surface area contributed by atoms with Gasteiger partial charge >= 0.3 is 6.18 Å². The molecule has 11 nitrogen and oxygen atoms in total. The molecule has 1 atom stereocenters. The van der Waals surface area contributed by atoms with Gasteiger partial charge in [-0.1, -0.05) is 41.9 Å². The van der Waals surface area contributed by atoms with Crippen LogP contribution in [0, 0.1) is 6.92 Å². The summed E-state index contributed by atoms with van der Waals surface area (Å²) in [6, 6.07) is 20.9. The van der Waals surface area contributed by atoms with Crippen molar-refractivity contribution >= 4 is 34.1 Å². The van der Waals surface area contributed by atoms with Crippen molar-refractivity contribution in [2.75, 3.05) is 38.0 Å². The lowest BCUT2D eigenvalue weighted by Crippen LogP contribution is -2.25. The average Bonchev–Trinajstić information content (AvgIpc) is 3.16. The second-order valence-electron chi connectivity index (χ2n) is 12.8. The highest BCUT2D eigenvalue weighted by molar-refractivity contribution is 6.36. The molecule has 3 heterocycles. The van der Waals surface area contributed by atoms with Gasteiger partial charge in [0.25, 0.3) is 5.56 Å². The highest BCUT2D eigenvalue weighted by atomic mass is 35.5. The van der Waals surface area contributed by atoms with Crippen molar-refractivity contribution < 1.29 is 27.4 Å². The van der Waals surface area contributed by atoms with Gasteiger partial charge in [0.1, 0.15) is 35.1 Å². The van der Waals surface area contributed by atoms with Crippen LogP contribution in [0.4, 0.5) is 24.8 Å². The highest BCUT2D eigenvalue weighted by Gasteiger charge is 2.38. The number of nitrogens with one attached hydrogen (secondary N) is 2. The monoisotopic (exact) mass is 773 g/mol. The van der Waals surface area contributed by atoms with Gasteiger partial charge in [-0.05, 0) is 73.0 Å². The molecule has 3 aromatic carbocycles. The van der Waals surface area contributed by atoms with E-state index in [1.807, 2.05) is 66.4 Å². The third-order valence-electron chi connectivity index (χ3n) is 9.09. The molecule has 0 saturated heterocycles. The van der Waals surface area contributed by atoms with Crippen LogP contribution in [-0.2, 0) is 19.3 Å². The van der Waals surface area contributed by atoms with Gasteiger partial charge in [0.2, 0.25) is 0 Å². The van der Waals surface area contributed by atoms with E-state index in [0.29, 0.717) is 30.4 Å². The van der Waals surface area contributed by atoms with Crippen molar-refractivity contribution in [1.82, 2.24) is 25.3 Å². The molecule has 0 amide bonds. The number of fused-ring (bicyclic) bond motifs is 1. The van der Waals surface area contributed by atoms with Gasteiger partial charge in [-0.25, -0.2) is 15.0 Å². The SMILES string of the molecule is COc1ccc(CN(Cc2ccc(OC)cc2)c2cc(C)c(C(F)(F)F)c(-c3cc4nc[nH]c(=O)c4c(OCCNC(C)c4cccnc4N)c3Cl)n2)cc1. The fourth-order valence-corrected chi connectivity index (χ4v) is 6.60.